The second-order valence-corrected chi connectivity index (χ2v) is 8.92. The number of benzene rings is 3. The van der Waals surface area contributed by atoms with Gasteiger partial charge in [-0.1, -0.05) is 54.6 Å². The van der Waals surface area contributed by atoms with E-state index in [9.17, 15) is 14.7 Å². The van der Waals surface area contributed by atoms with E-state index >= 15 is 0 Å². The number of phenolic OH excluding ortho intramolecular Hbond substituents is 1. The summed E-state index contributed by atoms with van der Waals surface area (Å²) < 4.78 is 5.92. The molecular formula is C26H16O4S2. The molecule has 0 aliphatic carbocycles. The number of phenols is 1. The summed E-state index contributed by atoms with van der Waals surface area (Å²) >= 11 is 2.84. The second-order valence-electron chi connectivity index (χ2n) is 7.12. The third-order valence-electron chi connectivity index (χ3n) is 5.20. The number of ketones is 1. The van der Waals surface area contributed by atoms with Gasteiger partial charge in [0.1, 0.15) is 11.5 Å². The Morgan fingerprint density at radius 2 is 1.66 bits per heavy atom. The summed E-state index contributed by atoms with van der Waals surface area (Å²) in [7, 11) is 0. The first-order valence-electron chi connectivity index (χ1n) is 9.78. The average molecular weight is 457 g/mol. The summed E-state index contributed by atoms with van der Waals surface area (Å²) in [5.74, 6) is 0.638. The number of hydrogen-bond donors (Lipinski definition) is 1. The van der Waals surface area contributed by atoms with Crippen LogP contribution >= 0.6 is 22.7 Å². The van der Waals surface area contributed by atoms with Gasteiger partial charge in [0.05, 0.1) is 4.88 Å². The van der Waals surface area contributed by atoms with Gasteiger partial charge in [0.25, 0.3) is 6.47 Å². The van der Waals surface area contributed by atoms with Crippen molar-refractivity contribution in [2.45, 2.75) is 0 Å². The molecule has 0 unspecified atom stereocenters. The second kappa shape index (κ2) is 8.42. The molecule has 3 aromatic carbocycles. The van der Waals surface area contributed by atoms with Crippen LogP contribution in [0.4, 0.5) is 0 Å². The molecular weight excluding hydrogens is 440 g/mol. The fourth-order valence-electron chi connectivity index (χ4n) is 3.71. The van der Waals surface area contributed by atoms with Crippen LogP contribution in [0, 0.1) is 0 Å². The van der Waals surface area contributed by atoms with Crippen LogP contribution in [0.2, 0.25) is 0 Å². The van der Waals surface area contributed by atoms with Gasteiger partial charge in [-0.05, 0) is 29.3 Å². The fourth-order valence-corrected chi connectivity index (χ4v) is 5.69. The molecule has 5 rings (SSSR count). The Kier molecular flexibility index (Phi) is 5.31. The topological polar surface area (TPSA) is 63.6 Å². The van der Waals surface area contributed by atoms with Crippen LogP contribution in [0.1, 0.15) is 15.2 Å². The molecule has 2 heterocycles. The van der Waals surface area contributed by atoms with E-state index in [1.165, 1.54) is 22.7 Å². The lowest BCUT2D eigenvalue weighted by molar-refractivity contribution is -0.120. The van der Waals surface area contributed by atoms with Crippen LogP contribution in [0.3, 0.4) is 0 Å². The Hall–Kier alpha value is -3.74. The van der Waals surface area contributed by atoms with E-state index in [4.69, 9.17) is 4.74 Å². The minimum Gasteiger partial charge on any atom is -0.508 e. The normalized spacial score (nSPS) is 10.9. The van der Waals surface area contributed by atoms with Gasteiger partial charge in [0, 0.05) is 37.5 Å². The van der Waals surface area contributed by atoms with Crippen LogP contribution in [0.5, 0.6) is 11.5 Å². The monoisotopic (exact) mass is 456 g/mol. The minimum atomic E-state index is -0.0510. The highest BCUT2D eigenvalue weighted by molar-refractivity contribution is 7.21. The molecule has 2 aromatic heterocycles. The van der Waals surface area contributed by atoms with E-state index in [0.29, 0.717) is 22.7 Å². The van der Waals surface area contributed by atoms with Gasteiger partial charge in [0.15, 0.2) is 0 Å². The van der Waals surface area contributed by atoms with Crippen molar-refractivity contribution >= 4 is 45.0 Å². The molecule has 6 heteroatoms. The lowest BCUT2D eigenvalue weighted by atomic mass is 9.96. The smallest absolute Gasteiger partial charge is 0.298 e. The van der Waals surface area contributed by atoms with Gasteiger partial charge < -0.3 is 9.84 Å². The summed E-state index contributed by atoms with van der Waals surface area (Å²) in [6.45, 7) is 0.425. The van der Waals surface area contributed by atoms with E-state index in [2.05, 4.69) is 0 Å². The van der Waals surface area contributed by atoms with Crippen LogP contribution in [0.25, 0.3) is 32.3 Å². The number of hydrogen-bond acceptors (Lipinski definition) is 6. The summed E-state index contributed by atoms with van der Waals surface area (Å²) in [6, 6.07) is 22.2. The van der Waals surface area contributed by atoms with Gasteiger partial charge in [0.2, 0.25) is 5.78 Å². The van der Waals surface area contributed by atoms with E-state index in [-0.39, 0.29) is 11.5 Å². The maximum absolute atomic E-state index is 13.4. The molecule has 0 saturated carbocycles. The van der Waals surface area contributed by atoms with Crippen LogP contribution in [-0.2, 0) is 4.79 Å². The molecule has 0 atom stereocenters. The van der Waals surface area contributed by atoms with E-state index < -0.39 is 0 Å². The zero-order valence-electron chi connectivity index (χ0n) is 16.6. The predicted molar refractivity (Wildman–Crippen MR) is 129 cm³/mol. The predicted octanol–water partition coefficient (Wildman–Crippen LogP) is 6.77. The van der Waals surface area contributed by atoms with Crippen LogP contribution in [0.15, 0.2) is 83.6 Å². The number of carbonyl (C=O) groups excluding carboxylic acids is 2. The Balaban J connectivity index is 1.64. The molecule has 32 heavy (non-hydrogen) atoms. The number of aromatic hydroxyl groups is 1. The maximum Gasteiger partial charge on any atom is 0.298 e. The molecule has 0 radical (unpaired) electrons. The summed E-state index contributed by atoms with van der Waals surface area (Å²) in [5.41, 5.74) is 4.13. The number of fused-ring (bicyclic) bond motifs is 1. The summed E-state index contributed by atoms with van der Waals surface area (Å²) in [4.78, 5) is 24.8. The van der Waals surface area contributed by atoms with Crippen molar-refractivity contribution in [2.24, 2.45) is 0 Å². The van der Waals surface area contributed by atoms with Crippen LogP contribution in [-0.4, -0.2) is 17.4 Å². The summed E-state index contributed by atoms with van der Waals surface area (Å²) in [6.07, 6.45) is 0. The molecule has 0 fully saturated rings. The largest absolute Gasteiger partial charge is 0.508 e. The fraction of sp³-hybridized carbons (Fsp3) is 0. The summed E-state index contributed by atoms with van der Waals surface area (Å²) in [5, 5.41) is 14.6. The minimum absolute atomic E-state index is 0.0510. The Labute approximate surface area is 192 Å². The molecule has 0 amide bonds. The first kappa shape index (κ1) is 20.2. The van der Waals surface area contributed by atoms with Crippen LogP contribution < -0.4 is 4.74 Å². The highest BCUT2D eigenvalue weighted by atomic mass is 32.1. The van der Waals surface area contributed by atoms with Crippen molar-refractivity contribution in [1.29, 1.82) is 0 Å². The Morgan fingerprint density at radius 1 is 0.906 bits per heavy atom. The maximum atomic E-state index is 13.4. The standard InChI is InChI=1S/C26H16O4S2/c27-15-30-22-14-31-13-21(22)16-6-8-17(9-7-16)24-20-11-10-19(28)12-23(20)32-26(24)25(29)18-4-2-1-3-5-18/h1-15,28H. The van der Waals surface area contributed by atoms with Gasteiger partial charge >= 0.3 is 0 Å². The van der Waals surface area contributed by atoms with E-state index in [1.54, 1.807) is 17.5 Å². The molecule has 1 N–H and O–H groups in total. The Bertz CT molecular complexity index is 1430. The first-order valence-corrected chi connectivity index (χ1v) is 11.5. The quantitative estimate of drug-likeness (QED) is 0.226. The zero-order chi connectivity index (χ0) is 22.1. The van der Waals surface area contributed by atoms with Crippen molar-refractivity contribution in [3.63, 3.8) is 0 Å². The van der Waals surface area contributed by atoms with E-state index in [0.717, 1.165) is 32.3 Å². The van der Waals surface area contributed by atoms with Crippen molar-refractivity contribution in [3.8, 4) is 33.8 Å². The van der Waals surface area contributed by atoms with Crippen molar-refractivity contribution < 1.29 is 19.4 Å². The van der Waals surface area contributed by atoms with Crippen molar-refractivity contribution in [2.75, 3.05) is 0 Å². The average Bonchev–Trinajstić information content (AvgIpc) is 3.44. The van der Waals surface area contributed by atoms with Gasteiger partial charge in [-0.2, -0.15) is 0 Å². The number of carbonyl (C=O) groups is 2. The van der Waals surface area contributed by atoms with Crippen molar-refractivity contribution in [3.05, 3.63) is 94.0 Å². The zero-order valence-corrected chi connectivity index (χ0v) is 18.3. The third-order valence-corrected chi connectivity index (χ3v) is 7.08. The number of rotatable bonds is 6. The molecule has 0 saturated heterocycles. The highest BCUT2D eigenvalue weighted by Crippen LogP contribution is 2.42. The number of thiophene rings is 2. The molecule has 0 aliphatic rings. The van der Waals surface area contributed by atoms with Gasteiger partial charge in [-0.25, -0.2) is 0 Å². The molecule has 0 aliphatic heterocycles. The third kappa shape index (κ3) is 3.60. The molecule has 5 aromatic rings. The lowest BCUT2D eigenvalue weighted by Gasteiger charge is -2.08. The van der Waals surface area contributed by atoms with E-state index in [1.807, 2.05) is 66.0 Å². The molecule has 0 bridgehead atoms. The molecule has 4 nitrogen and oxygen atoms in total. The molecule has 0 spiro atoms. The molecule has 156 valence electrons. The van der Waals surface area contributed by atoms with Gasteiger partial charge in [-0.15, -0.1) is 22.7 Å². The SMILES string of the molecule is O=COc1cscc1-c1ccc(-c2c(C(=O)c3ccccc3)sc3cc(O)ccc23)cc1. The lowest BCUT2D eigenvalue weighted by Crippen LogP contribution is -2.00. The Morgan fingerprint density at radius 3 is 2.41 bits per heavy atom. The highest BCUT2D eigenvalue weighted by Gasteiger charge is 2.21. The van der Waals surface area contributed by atoms with Gasteiger partial charge in [-0.3, -0.25) is 9.59 Å². The first-order chi connectivity index (χ1) is 15.7. The number of ether oxygens (including phenoxy) is 1. The van der Waals surface area contributed by atoms with Crippen molar-refractivity contribution in [1.82, 2.24) is 0 Å².